The smallest absolute Gasteiger partial charge is 0.197 e. The summed E-state index contributed by atoms with van der Waals surface area (Å²) >= 11 is 12.4. The molecule has 0 radical (unpaired) electrons. The van der Waals surface area contributed by atoms with Gasteiger partial charge in [-0.05, 0) is 24.4 Å². The molecule has 1 aromatic carbocycles. The maximum Gasteiger partial charge on any atom is 0.197 e. The van der Waals surface area contributed by atoms with Crippen LogP contribution in [0.25, 0.3) is 11.3 Å². The third-order valence-electron chi connectivity index (χ3n) is 1.98. The third-order valence-corrected chi connectivity index (χ3v) is 3.39. The molecular formula is C10H8ClNOS2. The first kappa shape index (κ1) is 10.7. The Kier molecular flexibility index (Phi) is 3.09. The van der Waals surface area contributed by atoms with Crippen LogP contribution in [-0.4, -0.2) is 11.8 Å². The van der Waals surface area contributed by atoms with Crippen LogP contribution in [0.15, 0.2) is 29.6 Å². The molecule has 1 aromatic heterocycles. The topological polar surface area (TPSA) is 14.2 Å². The van der Waals surface area contributed by atoms with Gasteiger partial charge in [0, 0.05) is 16.0 Å². The predicted molar refractivity (Wildman–Crippen MR) is 66.1 cm³/mol. The van der Waals surface area contributed by atoms with Gasteiger partial charge >= 0.3 is 0 Å². The number of hydrogen-bond donors (Lipinski definition) is 0. The average Bonchev–Trinajstić information content (AvgIpc) is 2.61. The van der Waals surface area contributed by atoms with Gasteiger partial charge in [-0.1, -0.05) is 23.7 Å². The number of aromatic nitrogens is 1. The molecule has 0 unspecified atom stereocenters. The van der Waals surface area contributed by atoms with Gasteiger partial charge in [0.25, 0.3) is 0 Å². The highest BCUT2D eigenvalue weighted by atomic mass is 35.5. The molecule has 0 aliphatic carbocycles. The minimum absolute atomic E-state index is 0.697. The first-order chi connectivity index (χ1) is 7.22. The van der Waals surface area contributed by atoms with Gasteiger partial charge in [0.15, 0.2) is 3.95 Å². The quantitative estimate of drug-likeness (QED) is 0.763. The van der Waals surface area contributed by atoms with E-state index in [0.29, 0.717) is 3.95 Å². The summed E-state index contributed by atoms with van der Waals surface area (Å²) in [5.41, 5.74) is 1.98. The lowest BCUT2D eigenvalue weighted by atomic mass is 10.2. The maximum atomic E-state index is 5.82. The fourth-order valence-electron chi connectivity index (χ4n) is 1.28. The Labute approximate surface area is 102 Å². The Bertz CT molecular complexity index is 515. The second-order valence-corrected chi connectivity index (χ2v) is 4.81. The lowest BCUT2D eigenvalue weighted by Crippen LogP contribution is -2.06. The highest BCUT2D eigenvalue weighted by Crippen LogP contribution is 2.24. The molecule has 0 saturated heterocycles. The highest BCUT2D eigenvalue weighted by molar-refractivity contribution is 7.73. The number of halogens is 1. The highest BCUT2D eigenvalue weighted by Gasteiger charge is 2.06. The number of thiazole rings is 1. The molecule has 15 heavy (non-hydrogen) atoms. The summed E-state index contributed by atoms with van der Waals surface area (Å²) in [5.74, 6) is 0. The Morgan fingerprint density at radius 2 is 2.00 bits per heavy atom. The summed E-state index contributed by atoms with van der Waals surface area (Å²) in [6, 6.07) is 7.57. The van der Waals surface area contributed by atoms with Crippen LogP contribution >= 0.6 is 35.2 Å². The van der Waals surface area contributed by atoms with Gasteiger partial charge in [-0.15, -0.1) is 11.3 Å². The van der Waals surface area contributed by atoms with Crippen LogP contribution in [0.5, 0.6) is 0 Å². The van der Waals surface area contributed by atoms with Crippen LogP contribution in [0, 0.1) is 3.95 Å². The molecule has 2 nitrogen and oxygen atoms in total. The molecule has 1 heterocycles. The molecule has 0 atom stereocenters. The van der Waals surface area contributed by atoms with Gasteiger partial charge < -0.3 is 4.84 Å². The summed E-state index contributed by atoms with van der Waals surface area (Å²) in [6.07, 6.45) is 0. The SMILES string of the molecule is COn1c(-c2ccc(Cl)cc2)csc1=S. The van der Waals surface area contributed by atoms with Gasteiger partial charge in [0.1, 0.15) is 7.11 Å². The summed E-state index contributed by atoms with van der Waals surface area (Å²) in [5, 5.41) is 2.69. The molecule has 2 aromatic rings. The first-order valence-electron chi connectivity index (χ1n) is 4.23. The van der Waals surface area contributed by atoms with E-state index in [4.69, 9.17) is 28.7 Å². The van der Waals surface area contributed by atoms with Crippen molar-refractivity contribution in [2.75, 3.05) is 7.11 Å². The minimum atomic E-state index is 0.697. The van der Waals surface area contributed by atoms with Crippen molar-refractivity contribution < 1.29 is 4.84 Å². The van der Waals surface area contributed by atoms with Crippen LogP contribution in [0.2, 0.25) is 5.02 Å². The Balaban J connectivity index is 2.54. The molecule has 0 spiro atoms. The summed E-state index contributed by atoms with van der Waals surface area (Å²) in [4.78, 5) is 5.19. The number of rotatable bonds is 2. The first-order valence-corrected chi connectivity index (χ1v) is 5.90. The molecule has 2 rings (SSSR count). The van der Waals surface area contributed by atoms with E-state index in [-0.39, 0.29) is 0 Å². The van der Waals surface area contributed by atoms with Crippen LogP contribution in [0.4, 0.5) is 0 Å². The normalized spacial score (nSPS) is 10.3. The van der Waals surface area contributed by atoms with Crippen molar-refractivity contribution >= 4 is 35.2 Å². The van der Waals surface area contributed by atoms with Crippen LogP contribution < -0.4 is 4.84 Å². The minimum Gasteiger partial charge on any atom is -0.415 e. The van der Waals surface area contributed by atoms with Gasteiger partial charge in [0.05, 0.1) is 5.69 Å². The van der Waals surface area contributed by atoms with E-state index in [9.17, 15) is 0 Å². The number of hydrogen-bond acceptors (Lipinski definition) is 3. The van der Waals surface area contributed by atoms with E-state index in [1.165, 1.54) is 11.3 Å². The predicted octanol–water partition coefficient (Wildman–Crippen LogP) is 3.66. The average molecular weight is 258 g/mol. The molecule has 0 bridgehead atoms. The molecule has 78 valence electrons. The second-order valence-electron chi connectivity index (χ2n) is 2.87. The van der Waals surface area contributed by atoms with Crippen molar-refractivity contribution in [3.8, 4) is 11.3 Å². The molecule has 0 N–H and O–H groups in total. The Morgan fingerprint density at radius 1 is 1.33 bits per heavy atom. The largest absolute Gasteiger partial charge is 0.415 e. The van der Waals surface area contributed by atoms with E-state index in [1.54, 1.807) is 11.8 Å². The number of benzene rings is 1. The van der Waals surface area contributed by atoms with E-state index >= 15 is 0 Å². The monoisotopic (exact) mass is 257 g/mol. The van der Waals surface area contributed by atoms with Gasteiger partial charge in [-0.3, -0.25) is 0 Å². The van der Waals surface area contributed by atoms with Crippen molar-refractivity contribution in [1.82, 2.24) is 4.73 Å². The number of nitrogens with zero attached hydrogens (tertiary/aromatic N) is 1. The molecule has 0 aliphatic heterocycles. The summed E-state index contributed by atoms with van der Waals surface area (Å²) < 4.78 is 2.32. The third kappa shape index (κ3) is 2.07. The van der Waals surface area contributed by atoms with E-state index in [0.717, 1.165) is 16.3 Å². The molecule has 0 amide bonds. The fraction of sp³-hybridized carbons (Fsp3) is 0.100. The lowest BCUT2D eigenvalue weighted by molar-refractivity contribution is 0.170. The van der Waals surface area contributed by atoms with Crippen LogP contribution in [0.1, 0.15) is 0 Å². The van der Waals surface area contributed by atoms with Crippen molar-refractivity contribution in [1.29, 1.82) is 0 Å². The lowest BCUT2D eigenvalue weighted by Gasteiger charge is -2.05. The van der Waals surface area contributed by atoms with E-state index in [2.05, 4.69) is 0 Å². The van der Waals surface area contributed by atoms with Gasteiger partial charge in [-0.25, -0.2) is 0 Å². The molecule has 5 heteroatoms. The summed E-state index contributed by atoms with van der Waals surface area (Å²) in [6.45, 7) is 0. The molecule has 0 saturated carbocycles. The second kappa shape index (κ2) is 4.35. The van der Waals surface area contributed by atoms with Gasteiger partial charge in [0.2, 0.25) is 0 Å². The standard InChI is InChI=1S/C10H8ClNOS2/c1-13-12-9(6-15-10(12)14)7-2-4-8(11)5-3-7/h2-6H,1H3. The van der Waals surface area contributed by atoms with Crippen molar-refractivity contribution in [3.63, 3.8) is 0 Å². The van der Waals surface area contributed by atoms with Crippen molar-refractivity contribution in [2.45, 2.75) is 0 Å². The zero-order chi connectivity index (χ0) is 10.8. The van der Waals surface area contributed by atoms with Crippen LogP contribution in [0.3, 0.4) is 0 Å². The van der Waals surface area contributed by atoms with Crippen LogP contribution in [-0.2, 0) is 0 Å². The fourth-order valence-corrected chi connectivity index (χ4v) is 2.44. The summed E-state index contributed by atoms with van der Waals surface area (Å²) in [7, 11) is 1.60. The van der Waals surface area contributed by atoms with Crippen molar-refractivity contribution in [2.24, 2.45) is 0 Å². The Morgan fingerprint density at radius 3 is 2.60 bits per heavy atom. The van der Waals surface area contributed by atoms with Gasteiger partial charge in [-0.2, -0.15) is 4.73 Å². The van der Waals surface area contributed by atoms with E-state index < -0.39 is 0 Å². The zero-order valence-electron chi connectivity index (χ0n) is 7.94. The maximum absolute atomic E-state index is 5.82. The molecule has 0 aliphatic rings. The van der Waals surface area contributed by atoms with Crippen molar-refractivity contribution in [3.05, 3.63) is 38.6 Å². The molecular weight excluding hydrogens is 250 g/mol. The Hall–Kier alpha value is -0.840. The zero-order valence-corrected chi connectivity index (χ0v) is 10.3. The van der Waals surface area contributed by atoms with E-state index in [1.807, 2.05) is 29.6 Å². The molecule has 0 fully saturated rings.